The first-order valence-corrected chi connectivity index (χ1v) is 10.3. The van der Waals surface area contributed by atoms with Gasteiger partial charge in [0, 0.05) is 23.8 Å². The van der Waals surface area contributed by atoms with Crippen LogP contribution in [-0.4, -0.2) is 26.4 Å². The van der Waals surface area contributed by atoms with Crippen LogP contribution < -0.4 is 5.73 Å². The molecule has 0 aliphatic heterocycles. The smallest absolute Gasteiger partial charge is 0.218 e. The summed E-state index contributed by atoms with van der Waals surface area (Å²) < 4.78 is 2.28. The van der Waals surface area contributed by atoms with Crippen LogP contribution in [0.3, 0.4) is 0 Å². The Morgan fingerprint density at radius 3 is 2.42 bits per heavy atom. The number of nitrogens with zero attached hydrogens (tertiary/aromatic N) is 3. The van der Waals surface area contributed by atoms with Crippen LogP contribution in [0.5, 0.6) is 0 Å². The molecule has 2 aromatic rings. The second-order valence-electron chi connectivity index (χ2n) is 8.01. The van der Waals surface area contributed by atoms with Gasteiger partial charge in [-0.25, -0.2) is 0 Å². The molecule has 1 fully saturated rings. The summed E-state index contributed by atoms with van der Waals surface area (Å²) in [4.78, 5) is 11.0. The molecule has 5 nitrogen and oxygen atoms in total. The van der Waals surface area contributed by atoms with Gasteiger partial charge < -0.3 is 5.73 Å². The number of benzene rings is 1. The Labute approximate surface area is 159 Å². The minimum absolute atomic E-state index is 0.132. The highest BCUT2D eigenvalue weighted by molar-refractivity contribution is 7.99. The summed E-state index contributed by atoms with van der Waals surface area (Å²) in [6, 6.07) is 9.10. The molecular formula is C20H28N4OS. The SMILES string of the molecule is CC(C)(C)c1ccc(-c2nnc(SCCC(N)=O)n2C2CCCC2)cc1. The molecule has 1 amide bonds. The number of rotatable bonds is 6. The van der Waals surface area contributed by atoms with Gasteiger partial charge in [0.05, 0.1) is 0 Å². The Morgan fingerprint density at radius 2 is 1.85 bits per heavy atom. The highest BCUT2D eigenvalue weighted by Gasteiger charge is 2.25. The molecule has 6 heteroatoms. The molecule has 0 atom stereocenters. The van der Waals surface area contributed by atoms with Gasteiger partial charge >= 0.3 is 0 Å². The van der Waals surface area contributed by atoms with Crippen LogP contribution in [0.25, 0.3) is 11.4 Å². The fraction of sp³-hybridized carbons (Fsp3) is 0.550. The lowest BCUT2D eigenvalue weighted by atomic mass is 9.86. The third-order valence-corrected chi connectivity index (χ3v) is 5.89. The normalized spacial score (nSPS) is 15.5. The van der Waals surface area contributed by atoms with Crippen molar-refractivity contribution in [3.8, 4) is 11.4 Å². The molecule has 26 heavy (non-hydrogen) atoms. The lowest BCUT2D eigenvalue weighted by Gasteiger charge is -2.20. The first-order valence-electron chi connectivity index (χ1n) is 9.33. The van der Waals surface area contributed by atoms with E-state index in [4.69, 9.17) is 5.73 Å². The first kappa shape index (κ1) is 19.0. The molecule has 0 spiro atoms. The number of hydrogen-bond donors (Lipinski definition) is 1. The molecule has 2 N–H and O–H groups in total. The number of carbonyl (C=O) groups excluding carboxylic acids is 1. The van der Waals surface area contributed by atoms with Crippen molar-refractivity contribution in [2.24, 2.45) is 5.73 Å². The van der Waals surface area contributed by atoms with Gasteiger partial charge in [-0.3, -0.25) is 9.36 Å². The average Bonchev–Trinajstić information content (AvgIpc) is 3.22. The molecule has 0 bridgehead atoms. The topological polar surface area (TPSA) is 73.8 Å². The Hall–Kier alpha value is -1.82. The minimum Gasteiger partial charge on any atom is -0.370 e. The zero-order valence-electron chi connectivity index (χ0n) is 15.9. The number of amides is 1. The van der Waals surface area contributed by atoms with Crippen LogP contribution >= 0.6 is 11.8 Å². The van der Waals surface area contributed by atoms with Gasteiger partial charge in [0.15, 0.2) is 11.0 Å². The van der Waals surface area contributed by atoms with Crippen molar-refractivity contribution >= 4 is 17.7 Å². The fourth-order valence-electron chi connectivity index (χ4n) is 3.43. The number of aromatic nitrogens is 3. The van der Waals surface area contributed by atoms with Crippen LogP contribution in [0.1, 0.15) is 64.5 Å². The van der Waals surface area contributed by atoms with Gasteiger partial charge in [0.1, 0.15) is 0 Å². The number of thioether (sulfide) groups is 1. The Kier molecular flexibility index (Phi) is 5.70. The quantitative estimate of drug-likeness (QED) is 0.766. The predicted octanol–water partition coefficient (Wildman–Crippen LogP) is 4.33. The second kappa shape index (κ2) is 7.82. The van der Waals surface area contributed by atoms with E-state index in [1.54, 1.807) is 11.8 Å². The Bertz CT molecular complexity index is 755. The van der Waals surface area contributed by atoms with E-state index in [9.17, 15) is 4.79 Å². The molecule has 3 rings (SSSR count). The van der Waals surface area contributed by atoms with Crippen molar-refractivity contribution in [1.82, 2.24) is 14.8 Å². The highest BCUT2D eigenvalue weighted by Crippen LogP contribution is 2.37. The summed E-state index contributed by atoms with van der Waals surface area (Å²) >= 11 is 1.57. The summed E-state index contributed by atoms with van der Waals surface area (Å²) in [7, 11) is 0. The monoisotopic (exact) mass is 372 g/mol. The molecule has 0 radical (unpaired) electrons. The van der Waals surface area contributed by atoms with E-state index in [-0.39, 0.29) is 11.3 Å². The third-order valence-electron chi connectivity index (χ3n) is 4.94. The maximum Gasteiger partial charge on any atom is 0.218 e. The van der Waals surface area contributed by atoms with Crippen molar-refractivity contribution < 1.29 is 4.79 Å². The maximum absolute atomic E-state index is 11.0. The van der Waals surface area contributed by atoms with Crippen molar-refractivity contribution in [3.05, 3.63) is 29.8 Å². The summed E-state index contributed by atoms with van der Waals surface area (Å²) in [5, 5.41) is 9.82. The fourth-order valence-corrected chi connectivity index (χ4v) is 4.39. The largest absolute Gasteiger partial charge is 0.370 e. The van der Waals surface area contributed by atoms with Crippen molar-refractivity contribution in [1.29, 1.82) is 0 Å². The summed E-state index contributed by atoms with van der Waals surface area (Å²) in [6.07, 6.45) is 5.17. The zero-order valence-corrected chi connectivity index (χ0v) is 16.7. The number of nitrogens with two attached hydrogens (primary N) is 1. The molecule has 1 aliphatic carbocycles. The third kappa shape index (κ3) is 4.29. The summed E-state index contributed by atoms with van der Waals surface area (Å²) in [5.41, 5.74) is 7.81. The Balaban J connectivity index is 1.90. The van der Waals surface area contributed by atoms with E-state index in [2.05, 4.69) is 59.8 Å². The van der Waals surface area contributed by atoms with Gasteiger partial charge in [-0.2, -0.15) is 0 Å². The highest BCUT2D eigenvalue weighted by atomic mass is 32.2. The van der Waals surface area contributed by atoms with E-state index in [0.717, 1.165) is 29.4 Å². The number of primary amides is 1. The van der Waals surface area contributed by atoms with Crippen molar-refractivity contribution in [3.63, 3.8) is 0 Å². The van der Waals surface area contributed by atoms with E-state index in [1.807, 2.05) is 0 Å². The van der Waals surface area contributed by atoms with Gasteiger partial charge in [0.2, 0.25) is 5.91 Å². The van der Waals surface area contributed by atoms with Crippen molar-refractivity contribution in [2.75, 3.05) is 5.75 Å². The van der Waals surface area contributed by atoms with Crippen LogP contribution in [0, 0.1) is 0 Å². The molecule has 0 saturated heterocycles. The molecule has 1 saturated carbocycles. The molecular weight excluding hydrogens is 344 g/mol. The summed E-state index contributed by atoms with van der Waals surface area (Å²) in [6.45, 7) is 6.66. The molecule has 140 valence electrons. The van der Waals surface area contributed by atoms with E-state index < -0.39 is 0 Å². The van der Waals surface area contributed by atoms with Gasteiger partial charge in [0.25, 0.3) is 0 Å². The van der Waals surface area contributed by atoms with Crippen molar-refractivity contribution in [2.45, 2.75) is 69.5 Å². The van der Waals surface area contributed by atoms with E-state index in [1.165, 1.54) is 18.4 Å². The van der Waals surface area contributed by atoms with E-state index >= 15 is 0 Å². The standard InChI is InChI=1S/C20H28N4OS/c1-20(2,3)15-10-8-14(9-11-15)18-22-23-19(26-13-12-17(21)25)24(18)16-6-4-5-7-16/h8-11,16H,4-7,12-13H2,1-3H3,(H2,21,25). The van der Waals surface area contributed by atoms with Gasteiger partial charge in [-0.05, 0) is 23.8 Å². The maximum atomic E-state index is 11.0. The first-order chi connectivity index (χ1) is 12.4. The lowest BCUT2D eigenvalue weighted by Crippen LogP contribution is -2.12. The average molecular weight is 373 g/mol. The zero-order chi connectivity index (χ0) is 18.7. The molecule has 0 unspecified atom stereocenters. The van der Waals surface area contributed by atoms with Gasteiger partial charge in [-0.15, -0.1) is 10.2 Å². The molecule has 1 aromatic heterocycles. The molecule has 1 aromatic carbocycles. The molecule has 1 heterocycles. The Morgan fingerprint density at radius 1 is 1.19 bits per heavy atom. The van der Waals surface area contributed by atoms with Crippen LogP contribution in [0.2, 0.25) is 0 Å². The van der Waals surface area contributed by atoms with E-state index in [0.29, 0.717) is 18.2 Å². The number of carbonyl (C=O) groups is 1. The second-order valence-corrected chi connectivity index (χ2v) is 9.07. The lowest BCUT2D eigenvalue weighted by molar-refractivity contribution is -0.117. The summed E-state index contributed by atoms with van der Waals surface area (Å²) in [5.74, 6) is 1.30. The van der Waals surface area contributed by atoms with Crippen LogP contribution in [0.15, 0.2) is 29.4 Å². The number of hydrogen-bond acceptors (Lipinski definition) is 4. The minimum atomic E-state index is -0.276. The van der Waals surface area contributed by atoms with Crippen LogP contribution in [0.4, 0.5) is 0 Å². The molecule has 1 aliphatic rings. The predicted molar refractivity (Wildman–Crippen MR) is 106 cm³/mol. The van der Waals surface area contributed by atoms with Gasteiger partial charge in [-0.1, -0.05) is 69.6 Å². The van der Waals surface area contributed by atoms with Crippen LogP contribution in [-0.2, 0) is 10.2 Å².